The molecule has 1 aliphatic heterocycles. The maximum Gasteiger partial charge on any atom is 0.184 e. The summed E-state index contributed by atoms with van der Waals surface area (Å²) in [7, 11) is 0. The van der Waals surface area contributed by atoms with Gasteiger partial charge in [-0.3, -0.25) is 0 Å². The van der Waals surface area contributed by atoms with Crippen molar-refractivity contribution in [3.63, 3.8) is 0 Å². The molecule has 2 unspecified atom stereocenters. The number of nitrogens with zero attached hydrogens (tertiary/aromatic N) is 1. The fourth-order valence-corrected chi connectivity index (χ4v) is 3.17. The summed E-state index contributed by atoms with van der Waals surface area (Å²) in [5.74, 6) is 0.264. The molecule has 2 heterocycles. The van der Waals surface area contributed by atoms with Crippen LogP contribution in [-0.4, -0.2) is 24.2 Å². The Balaban J connectivity index is 1.81. The van der Waals surface area contributed by atoms with Crippen LogP contribution in [0.2, 0.25) is 0 Å². The second kappa shape index (κ2) is 4.82. The Morgan fingerprint density at radius 2 is 2.39 bits per heavy atom. The highest BCUT2D eigenvalue weighted by atomic mass is 32.1. The molecule has 1 fully saturated rings. The molecule has 1 aromatic carbocycles. The molecule has 3 rings (SSSR count). The molecule has 96 valence electrons. The van der Waals surface area contributed by atoms with Crippen molar-refractivity contribution in [3.8, 4) is 0 Å². The largest absolute Gasteiger partial charge is 0.381 e. The molecule has 18 heavy (non-hydrogen) atoms. The first-order chi connectivity index (χ1) is 8.72. The van der Waals surface area contributed by atoms with E-state index in [1.54, 1.807) is 6.07 Å². The first-order valence-corrected chi connectivity index (χ1v) is 6.94. The van der Waals surface area contributed by atoms with Gasteiger partial charge in [-0.2, -0.15) is 0 Å². The fraction of sp³-hybridized carbons (Fsp3) is 0.462. The molecule has 0 aliphatic carbocycles. The van der Waals surface area contributed by atoms with Gasteiger partial charge >= 0.3 is 0 Å². The lowest BCUT2D eigenvalue weighted by molar-refractivity contribution is 0.0538. The number of rotatable bonds is 2. The van der Waals surface area contributed by atoms with Gasteiger partial charge in [-0.05, 0) is 30.5 Å². The SMILES string of the molecule is CC1COCCC1Nc1nc2ccc(F)cc2s1. The Kier molecular flexibility index (Phi) is 3.18. The second-order valence-corrected chi connectivity index (χ2v) is 5.75. The van der Waals surface area contributed by atoms with Crippen molar-refractivity contribution in [2.45, 2.75) is 19.4 Å². The van der Waals surface area contributed by atoms with Gasteiger partial charge < -0.3 is 10.1 Å². The number of thiazole rings is 1. The summed E-state index contributed by atoms with van der Waals surface area (Å²) in [5.41, 5.74) is 0.851. The van der Waals surface area contributed by atoms with Gasteiger partial charge in [-0.15, -0.1) is 0 Å². The summed E-state index contributed by atoms with van der Waals surface area (Å²) in [6.07, 6.45) is 0.992. The molecule has 5 heteroatoms. The van der Waals surface area contributed by atoms with E-state index in [2.05, 4.69) is 17.2 Å². The number of fused-ring (bicyclic) bond motifs is 1. The van der Waals surface area contributed by atoms with E-state index in [0.29, 0.717) is 12.0 Å². The lowest BCUT2D eigenvalue weighted by atomic mass is 9.98. The van der Waals surface area contributed by atoms with Crippen molar-refractivity contribution in [1.82, 2.24) is 4.98 Å². The summed E-state index contributed by atoms with van der Waals surface area (Å²) >= 11 is 1.50. The lowest BCUT2D eigenvalue weighted by Gasteiger charge is -2.29. The predicted octanol–water partition coefficient (Wildman–Crippen LogP) is 3.27. The Hall–Kier alpha value is -1.20. The molecular weight excluding hydrogens is 251 g/mol. The van der Waals surface area contributed by atoms with E-state index in [1.807, 2.05) is 0 Å². The van der Waals surface area contributed by atoms with Gasteiger partial charge in [0.25, 0.3) is 0 Å². The van der Waals surface area contributed by atoms with Gasteiger partial charge in [0.15, 0.2) is 5.13 Å². The highest BCUT2D eigenvalue weighted by molar-refractivity contribution is 7.22. The molecule has 3 nitrogen and oxygen atoms in total. The third kappa shape index (κ3) is 2.33. The summed E-state index contributed by atoms with van der Waals surface area (Å²) in [6, 6.07) is 5.10. The van der Waals surface area contributed by atoms with E-state index in [9.17, 15) is 4.39 Å². The minimum absolute atomic E-state index is 0.211. The van der Waals surface area contributed by atoms with Crippen LogP contribution in [-0.2, 0) is 4.74 Å². The second-order valence-electron chi connectivity index (χ2n) is 4.72. The Morgan fingerprint density at radius 3 is 3.22 bits per heavy atom. The molecule has 1 saturated heterocycles. The standard InChI is InChI=1S/C13H15FN2OS/c1-8-7-17-5-4-10(8)15-13-16-11-3-2-9(14)6-12(11)18-13/h2-3,6,8,10H,4-5,7H2,1H3,(H,15,16). The molecule has 0 radical (unpaired) electrons. The minimum atomic E-state index is -0.211. The van der Waals surface area contributed by atoms with Crippen molar-refractivity contribution >= 4 is 26.7 Å². The predicted molar refractivity (Wildman–Crippen MR) is 71.6 cm³/mol. The van der Waals surface area contributed by atoms with Gasteiger partial charge in [0.1, 0.15) is 5.82 Å². The van der Waals surface area contributed by atoms with E-state index >= 15 is 0 Å². The minimum Gasteiger partial charge on any atom is -0.381 e. The number of anilines is 1. The zero-order chi connectivity index (χ0) is 12.5. The normalized spacial score (nSPS) is 24.3. The van der Waals surface area contributed by atoms with E-state index in [1.165, 1.54) is 23.5 Å². The van der Waals surface area contributed by atoms with Gasteiger partial charge in [-0.1, -0.05) is 18.3 Å². The van der Waals surface area contributed by atoms with E-state index < -0.39 is 0 Å². The summed E-state index contributed by atoms with van der Waals surface area (Å²) in [6.45, 7) is 3.75. The number of hydrogen-bond donors (Lipinski definition) is 1. The van der Waals surface area contributed by atoms with Crippen molar-refractivity contribution in [2.75, 3.05) is 18.5 Å². The van der Waals surface area contributed by atoms with Gasteiger partial charge in [0.2, 0.25) is 0 Å². The number of halogens is 1. The van der Waals surface area contributed by atoms with E-state index in [-0.39, 0.29) is 5.82 Å². The molecule has 0 saturated carbocycles. The van der Waals surface area contributed by atoms with Crippen LogP contribution in [0.4, 0.5) is 9.52 Å². The Morgan fingerprint density at radius 1 is 1.50 bits per heavy atom. The Labute approximate surface area is 109 Å². The average Bonchev–Trinajstić information content (AvgIpc) is 2.73. The van der Waals surface area contributed by atoms with Crippen molar-refractivity contribution in [1.29, 1.82) is 0 Å². The summed E-state index contributed by atoms with van der Waals surface area (Å²) in [5, 5.41) is 4.31. The number of ether oxygens (including phenoxy) is 1. The van der Waals surface area contributed by atoms with Gasteiger partial charge in [0, 0.05) is 12.6 Å². The maximum absolute atomic E-state index is 13.1. The molecular formula is C13H15FN2OS. The quantitative estimate of drug-likeness (QED) is 0.906. The zero-order valence-corrected chi connectivity index (χ0v) is 11.0. The van der Waals surface area contributed by atoms with E-state index in [0.717, 1.165) is 35.0 Å². The Bertz CT molecular complexity index is 557. The molecule has 0 bridgehead atoms. The third-order valence-corrected chi connectivity index (χ3v) is 4.25. The van der Waals surface area contributed by atoms with Crippen LogP contribution in [0.1, 0.15) is 13.3 Å². The topological polar surface area (TPSA) is 34.1 Å². The van der Waals surface area contributed by atoms with Crippen molar-refractivity contribution < 1.29 is 9.13 Å². The lowest BCUT2D eigenvalue weighted by Crippen LogP contribution is -2.35. The van der Waals surface area contributed by atoms with Crippen molar-refractivity contribution in [2.24, 2.45) is 5.92 Å². The van der Waals surface area contributed by atoms with Crippen LogP contribution in [0.3, 0.4) is 0 Å². The first-order valence-electron chi connectivity index (χ1n) is 6.13. The monoisotopic (exact) mass is 266 g/mol. The molecule has 1 N–H and O–H groups in total. The van der Waals surface area contributed by atoms with Crippen molar-refractivity contribution in [3.05, 3.63) is 24.0 Å². The fourth-order valence-electron chi connectivity index (χ4n) is 2.21. The highest BCUT2D eigenvalue weighted by Gasteiger charge is 2.22. The van der Waals surface area contributed by atoms with Crippen LogP contribution >= 0.6 is 11.3 Å². The molecule has 0 amide bonds. The molecule has 2 aromatic rings. The summed E-state index contributed by atoms with van der Waals surface area (Å²) < 4.78 is 19.4. The maximum atomic E-state index is 13.1. The first kappa shape index (κ1) is 11.9. The zero-order valence-electron chi connectivity index (χ0n) is 10.1. The van der Waals surface area contributed by atoms with E-state index in [4.69, 9.17) is 4.74 Å². The van der Waals surface area contributed by atoms with Crippen LogP contribution < -0.4 is 5.32 Å². The third-order valence-electron chi connectivity index (χ3n) is 3.30. The highest BCUT2D eigenvalue weighted by Crippen LogP contribution is 2.28. The molecule has 1 aliphatic rings. The average molecular weight is 266 g/mol. The van der Waals surface area contributed by atoms with Crippen LogP contribution in [0.25, 0.3) is 10.2 Å². The smallest absolute Gasteiger partial charge is 0.184 e. The number of benzene rings is 1. The van der Waals surface area contributed by atoms with Crippen LogP contribution in [0.5, 0.6) is 0 Å². The number of aromatic nitrogens is 1. The number of nitrogens with one attached hydrogen (secondary N) is 1. The molecule has 0 spiro atoms. The van der Waals surface area contributed by atoms with Crippen LogP contribution in [0, 0.1) is 11.7 Å². The van der Waals surface area contributed by atoms with Gasteiger partial charge in [0.05, 0.1) is 16.8 Å². The van der Waals surface area contributed by atoms with Gasteiger partial charge in [-0.25, -0.2) is 9.37 Å². The molecule has 1 aromatic heterocycles. The van der Waals surface area contributed by atoms with Crippen LogP contribution in [0.15, 0.2) is 18.2 Å². The number of hydrogen-bond acceptors (Lipinski definition) is 4. The molecule has 2 atom stereocenters. The summed E-state index contributed by atoms with van der Waals surface area (Å²) in [4.78, 5) is 4.48.